The summed E-state index contributed by atoms with van der Waals surface area (Å²) in [5.41, 5.74) is 0.530. The predicted octanol–water partition coefficient (Wildman–Crippen LogP) is 2.72. The first-order valence-electron chi connectivity index (χ1n) is 7.73. The number of nitrogens with one attached hydrogen (secondary N) is 1. The van der Waals surface area contributed by atoms with Crippen LogP contribution in [0.25, 0.3) is 0 Å². The largest absolute Gasteiger partial charge is 0.377 e. The fraction of sp³-hybridized carbons (Fsp3) is 1.00. The molecular weight excluding hydrogens is 210 g/mol. The number of hydrogen-bond donors (Lipinski definition) is 1. The summed E-state index contributed by atoms with van der Waals surface area (Å²) in [7, 11) is 0. The molecular formula is C15H25NO. The molecule has 4 fully saturated rings. The van der Waals surface area contributed by atoms with Crippen LogP contribution in [0.1, 0.15) is 51.4 Å². The van der Waals surface area contributed by atoms with Crippen molar-refractivity contribution in [2.45, 2.75) is 63.5 Å². The van der Waals surface area contributed by atoms with Crippen LogP contribution in [0.2, 0.25) is 0 Å². The van der Waals surface area contributed by atoms with E-state index >= 15 is 0 Å². The minimum Gasteiger partial charge on any atom is -0.377 e. The van der Waals surface area contributed by atoms with E-state index in [0.717, 1.165) is 24.5 Å². The molecule has 0 aromatic rings. The van der Waals surface area contributed by atoms with E-state index < -0.39 is 0 Å². The van der Waals surface area contributed by atoms with Crippen molar-refractivity contribution < 1.29 is 4.74 Å². The molecule has 0 bridgehead atoms. The summed E-state index contributed by atoms with van der Waals surface area (Å²) >= 11 is 0. The van der Waals surface area contributed by atoms with Gasteiger partial charge in [0.2, 0.25) is 0 Å². The molecule has 1 N–H and O–H groups in total. The molecule has 3 saturated carbocycles. The molecule has 1 saturated heterocycles. The van der Waals surface area contributed by atoms with Gasteiger partial charge in [0.15, 0.2) is 0 Å². The van der Waals surface area contributed by atoms with E-state index in [4.69, 9.17) is 4.74 Å². The molecule has 2 unspecified atom stereocenters. The predicted molar refractivity (Wildman–Crippen MR) is 67.9 cm³/mol. The quantitative estimate of drug-likeness (QED) is 0.791. The van der Waals surface area contributed by atoms with Crippen LogP contribution >= 0.6 is 0 Å². The molecule has 0 radical (unpaired) electrons. The SMILES string of the molecule is C1CC(C2(CNC3CC3)CCOC2C2CC2)C1. The molecule has 3 aliphatic carbocycles. The maximum absolute atomic E-state index is 6.16. The second kappa shape index (κ2) is 3.96. The van der Waals surface area contributed by atoms with Gasteiger partial charge < -0.3 is 10.1 Å². The number of ether oxygens (including phenoxy) is 1. The molecule has 0 aromatic heterocycles. The lowest BCUT2D eigenvalue weighted by atomic mass is 9.61. The molecule has 4 aliphatic rings. The van der Waals surface area contributed by atoms with Crippen molar-refractivity contribution in [3.8, 4) is 0 Å². The minimum absolute atomic E-state index is 0.530. The standard InChI is InChI=1S/C15H25NO/c1-2-12(3-1)15(10-16-13-6-7-13)8-9-17-14(15)11-4-5-11/h11-14,16H,1-10H2. The lowest BCUT2D eigenvalue weighted by Crippen LogP contribution is -2.49. The highest BCUT2D eigenvalue weighted by molar-refractivity contribution is 5.06. The van der Waals surface area contributed by atoms with Crippen LogP contribution in [-0.2, 0) is 4.74 Å². The van der Waals surface area contributed by atoms with Gasteiger partial charge in [0.1, 0.15) is 0 Å². The Balaban J connectivity index is 1.51. The summed E-state index contributed by atoms with van der Waals surface area (Å²) in [6, 6.07) is 0.854. The Bertz CT molecular complexity index is 293. The highest BCUT2D eigenvalue weighted by Gasteiger charge is 2.55. The Morgan fingerprint density at radius 1 is 1.06 bits per heavy atom. The summed E-state index contributed by atoms with van der Waals surface area (Å²) in [4.78, 5) is 0. The molecule has 17 heavy (non-hydrogen) atoms. The smallest absolute Gasteiger partial charge is 0.0675 e. The van der Waals surface area contributed by atoms with Crippen LogP contribution in [0.15, 0.2) is 0 Å². The Morgan fingerprint density at radius 2 is 1.88 bits per heavy atom. The first-order valence-corrected chi connectivity index (χ1v) is 7.73. The van der Waals surface area contributed by atoms with Gasteiger partial charge in [0.25, 0.3) is 0 Å². The van der Waals surface area contributed by atoms with E-state index in [1.807, 2.05) is 0 Å². The van der Waals surface area contributed by atoms with E-state index in [1.54, 1.807) is 0 Å². The molecule has 2 heteroatoms. The normalized spacial score (nSPS) is 42.7. The molecule has 4 rings (SSSR count). The van der Waals surface area contributed by atoms with Gasteiger partial charge in [-0.2, -0.15) is 0 Å². The molecule has 2 atom stereocenters. The second-order valence-electron chi connectivity index (χ2n) is 6.89. The topological polar surface area (TPSA) is 21.3 Å². The molecule has 0 amide bonds. The van der Waals surface area contributed by atoms with Gasteiger partial charge in [-0.05, 0) is 56.8 Å². The second-order valence-corrected chi connectivity index (χ2v) is 6.89. The van der Waals surface area contributed by atoms with Crippen LogP contribution in [0.4, 0.5) is 0 Å². The van der Waals surface area contributed by atoms with Gasteiger partial charge in [0, 0.05) is 24.6 Å². The number of hydrogen-bond acceptors (Lipinski definition) is 2. The third-order valence-electron chi connectivity index (χ3n) is 5.70. The summed E-state index contributed by atoms with van der Waals surface area (Å²) < 4.78 is 6.16. The average Bonchev–Trinajstić information content (AvgIpc) is 3.15. The summed E-state index contributed by atoms with van der Waals surface area (Å²) in [5.74, 6) is 1.89. The van der Waals surface area contributed by atoms with Gasteiger partial charge in [-0.1, -0.05) is 6.42 Å². The van der Waals surface area contributed by atoms with Crippen LogP contribution in [0.3, 0.4) is 0 Å². The van der Waals surface area contributed by atoms with Crippen molar-refractivity contribution in [2.75, 3.05) is 13.2 Å². The van der Waals surface area contributed by atoms with Crippen molar-refractivity contribution in [3.63, 3.8) is 0 Å². The number of rotatable bonds is 5. The lowest BCUT2D eigenvalue weighted by Gasteiger charge is -2.46. The van der Waals surface area contributed by atoms with Crippen LogP contribution in [-0.4, -0.2) is 25.3 Å². The van der Waals surface area contributed by atoms with E-state index in [1.165, 1.54) is 57.9 Å². The zero-order chi connectivity index (χ0) is 11.3. The van der Waals surface area contributed by atoms with E-state index in [2.05, 4.69) is 5.32 Å². The maximum Gasteiger partial charge on any atom is 0.0675 e. The van der Waals surface area contributed by atoms with Gasteiger partial charge in [-0.15, -0.1) is 0 Å². The fourth-order valence-corrected chi connectivity index (χ4v) is 4.06. The fourth-order valence-electron chi connectivity index (χ4n) is 4.06. The Kier molecular flexibility index (Phi) is 2.52. The van der Waals surface area contributed by atoms with Gasteiger partial charge in [-0.25, -0.2) is 0 Å². The molecule has 1 aliphatic heterocycles. The van der Waals surface area contributed by atoms with Crippen molar-refractivity contribution in [1.29, 1.82) is 0 Å². The van der Waals surface area contributed by atoms with Gasteiger partial charge >= 0.3 is 0 Å². The third kappa shape index (κ3) is 1.84. The van der Waals surface area contributed by atoms with E-state index in [9.17, 15) is 0 Å². The third-order valence-corrected chi connectivity index (χ3v) is 5.70. The molecule has 0 spiro atoms. The van der Waals surface area contributed by atoms with Gasteiger partial charge in [0.05, 0.1) is 6.10 Å². The summed E-state index contributed by atoms with van der Waals surface area (Å²) in [5, 5.41) is 3.82. The maximum atomic E-state index is 6.16. The van der Waals surface area contributed by atoms with Crippen LogP contribution in [0, 0.1) is 17.3 Å². The molecule has 96 valence electrons. The van der Waals surface area contributed by atoms with E-state index in [0.29, 0.717) is 11.5 Å². The Labute approximate surface area is 104 Å². The zero-order valence-electron chi connectivity index (χ0n) is 10.8. The van der Waals surface area contributed by atoms with Crippen LogP contribution in [0.5, 0.6) is 0 Å². The van der Waals surface area contributed by atoms with E-state index in [-0.39, 0.29) is 0 Å². The minimum atomic E-state index is 0.530. The Morgan fingerprint density at radius 3 is 2.47 bits per heavy atom. The lowest BCUT2D eigenvalue weighted by molar-refractivity contribution is -0.0244. The average molecular weight is 235 g/mol. The highest BCUT2D eigenvalue weighted by atomic mass is 16.5. The highest BCUT2D eigenvalue weighted by Crippen LogP contribution is 2.56. The van der Waals surface area contributed by atoms with Gasteiger partial charge in [-0.3, -0.25) is 0 Å². The molecule has 0 aromatic carbocycles. The monoisotopic (exact) mass is 235 g/mol. The summed E-state index contributed by atoms with van der Waals surface area (Å²) in [6.45, 7) is 2.29. The Hall–Kier alpha value is -0.0800. The summed E-state index contributed by atoms with van der Waals surface area (Å²) in [6.07, 6.45) is 12.0. The first kappa shape index (κ1) is 10.8. The molecule has 1 heterocycles. The zero-order valence-corrected chi connectivity index (χ0v) is 10.8. The van der Waals surface area contributed by atoms with Crippen molar-refractivity contribution >= 4 is 0 Å². The van der Waals surface area contributed by atoms with Crippen molar-refractivity contribution in [3.05, 3.63) is 0 Å². The molecule has 2 nitrogen and oxygen atoms in total. The van der Waals surface area contributed by atoms with Crippen molar-refractivity contribution in [2.24, 2.45) is 17.3 Å². The first-order chi connectivity index (χ1) is 8.38. The van der Waals surface area contributed by atoms with Crippen LogP contribution < -0.4 is 5.32 Å². The van der Waals surface area contributed by atoms with Crippen molar-refractivity contribution in [1.82, 2.24) is 5.32 Å².